The van der Waals surface area contributed by atoms with Gasteiger partial charge in [-0.05, 0) is 17.5 Å². The van der Waals surface area contributed by atoms with Gasteiger partial charge in [0.1, 0.15) is 5.60 Å². The predicted molar refractivity (Wildman–Crippen MR) is 97.3 cm³/mol. The number of nitrogens with zero attached hydrogens (tertiary/aromatic N) is 1. The minimum atomic E-state index is -0.997. The summed E-state index contributed by atoms with van der Waals surface area (Å²) in [5, 5.41) is 11.5. The molecule has 2 heteroatoms. The van der Waals surface area contributed by atoms with Gasteiger partial charge < -0.3 is 5.11 Å². The first-order valence-corrected chi connectivity index (χ1v) is 7.98. The van der Waals surface area contributed by atoms with E-state index in [-0.39, 0.29) is 0 Å². The van der Waals surface area contributed by atoms with Gasteiger partial charge in [-0.1, -0.05) is 72.8 Å². The summed E-state index contributed by atoms with van der Waals surface area (Å²) in [6.45, 7) is 9.94. The van der Waals surface area contributed by atoms with Crippen molar-refractivity contribution in [1.82, 2.24) is 4.90 Å². The van der Waals surface area contributed by atoms with Crippen LogP contribution in [0.5, 0.6) is 0 Å². The minimum Gasteiger partial charge on any atom is -0.380 e. The molecule has 2 aromatic carbocycles. The molecule has 0 saturated heterocycles. The molecule has 0 saturated carbocycles. The average Bonchev–Trinajstić information content (AvgIpc) is 2.61. The highest BCUT2D eigenvalue weighted by molar-refractivity contribution is 5.35. The summed E-state index contributed by atoms with van der Waals surface area (Å²) in [6, 6.07) is 19.7. The lowest BCUT2D eigenvalue weighted by Gasteiger charge is -2.32. The van der Waals surface area contributed by atoms with E-state index in [1.165, 1.54) is 0 Å². The van der Waals surface area contributed by atoms with Crippen molar-refractivity contribution in [2.75, 3.05) is 19.6 Å². The molecular weight excluding hydrogens is 282 g/mol. The lowest BCUT2D eigenvalue weighted by atomic mass is 9.83. The Labute approximate surface area is 139 Å². The van der Waals surface area contributed by atoms with E-state index in [1.54, 1.807) is 0 Å². The maximum atomic E-state index is 11.5. The van der Waals surface area contributed by atoms with Crippen molar-refractivity contribution >= 4 is 0 Å². The van der Waals surface area contributed by atoms with Crippen LogP contribution >= 0.6 is 0 Å². The second-order valence-corrected chi connectivity index (χ2v) is 5.68. The first-order chi connectivity index (χ1) is 11.2. The molecule has 23 heavy (non-hydrogen) atoms. The van der Waals surface area contributed by atoms with Crippen LogP contribution in [-0.2, 0) is 5.60 Å². The van der Waals surface area contributed by atoms with Crippen molar-refractivity contribution < 1.29 is 5.11 Å². The molecule has 0 heterocycles. The Bertz CT molecular complexity index is 557. The van der Waals surface area contributed by atoms with Gasteiger partial charge >= 0.3 is 0 Å². The highest BCUT2D eigenvalue weighted by Crippen LogP contribution is 2.33. The van der Waals surface area contributed by atoms with E-state index in [0.29, 0.717) is 6.42 Å². The predicted octanol–water partition coefficient (Wildman–Crippen LogP) is 3.99. The van der Waals surface area contributed by atoms with Gasteiger partial charge in [-0.15, -0.1) is 13.2 Å². The zero-order chi connectivity index (χ0) is 16.5. The summed E-state index contributed by atoms with van der Waals surface area (Å²) in [5.74, 6) is 0. The lowest BCUT2D eigenvalue weighted by Crippen LogP contribution is -2.34. The van der Waals surface area contributed by atoms with Crippen LogP contribution in [0.1, 0.15) is 17.5 Å². The molecule has 0 bridgehead atoms. The number of rotatable bonds is 9. The molecule has 0 amide bonds. The number of benzene rings is 2. The third-order valence-corrected chi connectivity index (χ3v) is 4.07. The molecule has 0 fully saturated rings. The Balaban J connectivity index is 2.28. The van der Waals surface area contributed by atoms with Gasteiger partial charge in [0.2, 0.25) is 0 Å². The smallest absolute Gasteiger partial charge is 0.116 e. The maximum absolute atomic E-state index is 11.5. The van der Waals surface area contributed by atoms with Gasteiger partial charge in [-0.3, -0.25) is 4.90 Å². The number of aliphatic hydroxyl groups is 1. The fraction of sp³-hybridized carbons (Fsp3) is 0.238. The maximum Gasteiger partial charge on any atom is 0.116 e. The second kappa shape index (κ2) is 8.47. The van der Waals surface area contributed by atoms with Crippen LogP contribution < -0.4 is 0 Å². The number of hydrogen-bond donors (Lipinski definition) is 1. The van der Waals surface area contributed by atoms with Crippen LogP contribution in [0, 0.1) is 0 Å². The van der Waals surface area contributed by atoms with E-state index in [2.05, 4.69) is 18.1 Å². The largest absolute Gasteiger partial charge is 0.380 e. The summed E-state index contributed by atoms with van der Waals surface area (Å²) in [4.78, 5) is 2.22. The van der Waals surface area contributed by atoms with Gasteiger partial charge in [0.15, 0.2) is 0 Å². The summed E-state index contributed by atoms with van der Waals surface area (Å²) in [7, 11) is 0. The van der Waals surface area contributed by atoms with Crippen molar-refractivity contribution in [3.63, 3.8) is 0 Å². The molecule has 0 aliphatic rings. The quantitative estimate of drug-likeness (QED) is 0.708. The van der Waals surface area contributed by atoms with Crippen LogP contribution in [-0.4, -0.2) is 29.6 Å². The molecule has 0 aliphatic heterocycles. The van der Waals surface area contributed by atoms with Crippen LogP contribution in [0.15, 0.2) is 86.0 Å². The van der Waals surface area contributed by atoms with E-state index in [4.69, 9.17) is 0 Å². The Morgan fingerprint density at radius 1 is 0.826 bits per heavy atom. The molecular formula is C21H25NO. The van der Waals surface area contributed by atoms with Gasteiger partial charge in [-0.25, -0.2) is 0 Å². The SMILES string of the molecule is C=CCN(CC=C)CCC(O)(c1ccccc1)c1ccccc1. The Morgan fingerprint density at radius 3 is 1.65 bits per heavy atom. The van der Waals surface area contributed by atoms with E-state index >= 15 is 0 Å². The monoisotopic (exact) mass is 307 g/mol. The molecule has 1 N–H and O–H groups in total. The fourth-order valence-corrected chi connectivity index (χ4v) is 2.83. The first-order valence-electron chi connectivity index (χ1n) is 7.98. The Morgan fingerprint density at radius 2 is 1.26 bits per heavy atom. The van der Waals surface area contributed by atoms with Gasteiger partial charge in [0, 0.05) is 19.6 Å². The molecule has 2 rings (SSSR count). The second-order valence-electron chi connectivity index (χ2n) is 5.68. The minimum absolute atomic E-state index is 0.614. The molecule has 0 aromatic heterocycles. The molecule has 2 aromatic rings. The summed E-state index contributed by atoms with van der Waals surface area (Å²) in [5.41, 5.74) is 0.843. The van der Waals surface area contributed by atoms with Gasteiger partial charge in [0.25, 0.3) is 0 Å². The van der Waals surface area contributed by atoms with Crippen molar-refractivity contribution in [1.29, 1.82) is 0 Å². The molecule has 0 aliphatic carbocycles. The zero-order valence-corrected chi connectivity index (χ0v) is 13.6. The van der Waals surface area contributed by atoms with Gasteiger partial charge in [0.05, 0.1) is 0 Å². The van der Waals surface area contributed by atoms with Crippen molar-refractivity contribution in [2.45, 2.75) is 12.0 Å². The average molecular weight is 307 g/mol. The number of hydrogen-bond acceptors (Lipinski definition) is 2. The van der Waals surface area contributed by atoms with E-state index < -0.39 is 5.60 Å². The van der Waals surface area contributed by atoms with Crippen LogP contribution in [0.25, 0.3) is 0 Å². The first kappa shape index (κ1) is 17.2. The molecule has 0 unspecified atom stereocenters. The summed E-state index contributed by atoms with van der Waals surface area (Å²) < 4.78 is 0. The highest BCUT2D eigenvalue weighted by Gasteiger charge is 2.31. The standard InChI is InChI=1S/C21H25NO/c1-3-16-22(17-4-2)18-15-21(23,19-11-7-5-8-12-19)20-13-9-6-10-14-20/h3-14,23H,1-2,15-18H2. The van der Waals surface area contributed by atoms with E-state index in [1.807, 2.05) is 72.8 Å². The summed E-state index contributed by atoms with van der Waals surface area (Å²) >= 11 is 0. The third-order valence-electron chi connectivity index (χ3n) is 4.07. The molecule has 0 radical (unpaired) electrons. The molecule has 2 nitrogen and oxygen atoms in total. The Kier molecular flexibility index (Phi) is 6.33. The Hall–Kier alpha value is -2.16. The van der Waals surface area contributed by atoms with E-state index in [0.717, 1.165) is 30.8 Å². The lowest BCUT2D eigenvalue weighted by molar-refractivity contribution is 0.0601. The van der Waals surface area contributed by atoms with Crippen molar-refractivity contribution in [3.05, 3.63) is 97.1 Å². The summed E-state index contributed by atoms with van der Waals surface area (Å²) in [6.07, 6.45) is 4.38. The normalized spacial score (nSPS) is 11.4. The third kappa shape index (κ3) is 4.41. The van der Waals surface area contributed by atoms with Crippen LogP contribution in [0.3, 0.4) is 0 Å². The van der Waals surface area contributed by atoms with Crippen molar-refractivity contribution in [2.24, 2.45) is 0 Å². The van der Waals surface area contributed by atoms with E-state index in [9.17, 15) is 5.11 Å². The topological polar surface area (TPSA) is 23.5 Å². The zero-order valence-electron chi connectivity index (χ0n) is 13.6. The highest BCUT2D eigenvalue weighted by atomic mass is 16.3. The molecule has 0 spiro atoms. The van der Waals surface area contributed by atoms with Crippen LogP contribution in [0.2, 0.25) is 0 Å². The molecule has 120 valence electrons. The van der Waals surface area contributed by atoms with Crippen molar-refractivity contribution in [3.8, 4) is 0 Å². The van der Waals surface area contributed by atoms with Gasteiger partial charge in [-0.2, -0.15) is 0 Å². The van der Waals surface area contributed by atoms with Crippen LogP contribution in [0.4, 0.5) is 0 Å². The fourth-order valence-electron chi connectivity index (χ4n) is 2.83. The molecule has 0 atom stereocenters.